The van der Waals surface area contributed by atoms with Gasteiger partial charge in [-0.1, -0.05) is 305 Å². The monoisotopic (exact) mass is 1110 g/mol. The van der Waals surface area contributed by atoms with E-state index in [0.717, 1.165) is 109 Å². The molecule has 1 unspecified atom stereocenters. The van der Waals surface area contributed by atoms with E-state index in [2.05, 4.69) is 106 Å². The van der Waals surface area contributed by atoms with Crippen molar-refractivity contribution in [2.24, 2.45) is 0 Å². The largest absolute Gasteiger partial charge is 0.462 e. The van der Waals surface area contributed by atoms with E-state index < -0.39 is 6.10 Å². The van der Waals surface area contributed by atoms with Gasteiger partial charge in [0.15, 0.2) is 6.10 Å². The van der Waals surface area contributed by atoms with Crippen molar-refractivity contribution in [3.05, 3.63) is 85.1 Å². The van der Waals surface area contributed by atoms with Gasteiger partial charge in [-0.05, 0) is 109 Å². The van der Waals surface area contributed by atoms with Gasteiger partial charge in [-0.2, -0.15) is 0 Å². The number of carbonyl (C=O) groups is 3. The van der Waals surface area contributed by atoms with Crippen LogP contribution in [-0.4, -0.2) is 37.2 Å². The zero-order chi connectivity index (χ0) is 57.8. The number of carbonyl (C=O) groups excluding carboxylic acids is 3. The Morgan fingerprint density at radius 2 is 0.500 bits per heavy atom. The number of rotatable bonds is 63. The molecule has 0 aromatic heterocycles. The Morgan fingerprint density at radius 1 is 0.263 bits per heavy atom. The Hall–Kier alpha value is -3.41. The van der Waals surface area contributed by atoms with E-state index in [1.165, 1.54) is 199 Å². The van der Waals surface area contributed by atoms with E-state index in [4.69, 9.17) is 14.2 Å². The van der Waals surface area contributed by atoms with Crippen LogP contribution in [0.2, 0.25) is 0 Å². The highest BCUT2D eigenvalue weighted by Crippen LogP contribution is 2.17. The summed E-state index contributed by atoms with van der Waals surface area (Å²) in [6.45, 7) is 6.51. The summed E-state index contributed by atoms with van der Waals surface area (Å²) >= 11 is 0. The molecule has 0 aliphatic carbocycles. The summed E-state index contributed by atoms with van der Waals surface area (Å²) in [5.74, 6) is -0.880. The van der Waals surface area contributed by atoms with Gasteiger partial charge in [0, 0.05) is 19.3 Å². The molecule has 0 fully saturated rings. The summed E-state index contributed by atoms with van der Waals surface area (Å²) in [6, 6.07) is 0. The number of allylic oxidation sites excluding steroid dienone is 14. The SMILES string of the molecule is CC/C=C\C/C=C\C/C=C\C/C=C\C/C=C\CCCCCCCCCCCCCCCCCCCCCC(=O)OCC(COC(=O)CCCCCCC/C=C\CCCC)OC(=O)CCCCCCC/C=C\CCCCCCCCC. The average Bonchev–Trinajstić information content (AvgIpc) is 3.46. The minimum Gasteiger partial charge on any atom is -0.462 e. The molecule has 0 aromatic carbocycles. The molecule has 0 saturated carbocycles. The number of hydrogen-bond donors (Lipinski definition) is 0. The summed E-state index contributed by atoms with van der Waals surface area (Å²) in [5, 5.41) is 0. The lowest BCUT2D eigenvalue weighted by Gasteiger charge is -2.18. The first-order valence-corrected chi connectivity index (χ1v) is 34.6. The second-order valence-corrected chi connectivity index (χ2v) is 23.1. The lowest BCUT2D eigenvalue weighted by molar-refractivity contribution is -0.167. The van der Waals surface area contributed by atoms with Gasteiger partial charge in [-0.3, -0.25) is 14.4 Å². The third kappa shape index (κ3) is 65.4. The minimum atomic E-state index is -0.781. The van der Waals surface area contributed by atoms with Crippen LogP contribution in [0.1, 0.15) is 348 Å². The van der Waals surface area contributed by atoms with Crippen LogP contribution in [0.5, 0.6) is 0 Å². The van der Waals surface area contributed by atoms with Crippen molar-refractivity contribution in [1.82, 2.24) is 0 Å². The first-order valence-electron chi connectivity index (χ1n) is 34.6. The molecule has 0 bridgehead atoms. The lowest BCUT2D eigenvalue weighted by atomic mass is 10.0. The van der Waals surface area contributed by atoms with Crippen LogP contribution in [0.15, 0.2) is 85.1 Å². The molecule has 0 rings (SSSR count). The molecule has 0 amide bonds. The molecular weight excluding hydrogens is 985 g/mol. The predicted octanol–water partition coefficient (Wildman–Crippen LogP) is 23.8. The van der Waals surface area contributed by atoms with Gasteiger partial charge in [-0.25, -0.2) is 0 Å². The van der Waals surface area contributed by atoms with Crippen LogP contribution in [0.25, 0.3) is 0 Å². The highest BCUT2D eigenvalue weighted by molar-refractivity contribution is 5.71. The van der Waals surface area contributed by atoms with E-state index in [1.54, 1.807) is 0 Å². The fraction of sp³-hybridized carbons (Fsp3) is 0.770. The lowest BCUT2D eigenvalue weighted by Crippen LogP contribution is -2.30. The molecule has 0 aliphatic rings. The fourth-order valence-corrected chi connectivity index (χ4v) is 9.92. The molecule has 0 saturated heterocycles. The van der Waals surface area contributed by atoms with Crippen LogP contribution in [0.4, 0.5) is 0 Å². The van der Waals surface area contributed by atoms with Crippen LogP contribution in [-0.2, 0) is 28.6 Å². The maximum atomic E-state index is 12.9. The molecule has 462 valence electrons. The Bertz CT molecular complexity index is 1520. The first-order chi connectivity index (χ1) is 39.5. The molecule has 0 N–H and O–H groups in total. The van der Waals surface area contributed by atoms with Gasteiger partial charge in [0.1, 0.15) is 13.2 Å². The summed E-state index contributed by atoms with van der Waals surface area (Å²) in [5.41, 5.74) is 0. The maximum Gasteiger partial charge on any atom is 0.306 e. The third-order valence-electron chi connectivity index (χ3n) is 15.1. The van der Waals surface area contributed by atoms with Crippen LogP contribution < -0.4 is 0 Å². The zero-order valence-corrected chi connectivity index (χ0v) is 53.1. The first kappa shape index (κ1) is 76.6. The Kier molecular flexibility index (Phi) is 65.2. The van der Waals surface area contributed by atoms with E-state index in [0.29, 0.717) is 19.3 Å². The molecular formula is C74H130O6. The van der Waals surface area contributed by atoms with Gasteiger partial charge in [-0.15, -0.1) is 0 Å². The van der Waals surface area contributed by atoms with Crippen molar-refractivity contribution in [3.8, 4) is 0 Å². The van der Waals surface area contributed by atoms with Crippen LogP contribution in [0.3, 0.4) is 0 Å². The zero-order valence-electron chi connectivity index (χ0n) is 53.1. The molecule has 6 nitrogen and oxygen atoms in total. The normalized spacial score (nSPS) is 12.6. The molecule has 1 atom stereocenters. The highest BCUT2D eigenvalue weighted by atomic mass is 16.6. The van der Waals surface area contributed by atoms with E-state index in [1.807, 2.05) is 0 Å². The molecule has 0 radical (unpaired) electrons. The number of unbranched alkanes of at least 4 members (excludes halogenated alkanes) is 38. The second kappa shape index (κ2) is 68.1. The summed E-state index contributed by atoms with van der Waals surface area (Å²) in [4.78, 5) is 38.3. The quantitative estimate of drug-likeness (QED) is 0.0261. The second-order valence-electron chi connectivity index (χ2n) is 23.1. The smallest absolute Gasteiger partial charge is 0.306 e. The van der Waals surface area contributed by atoms with Gasteiger partial charge in [0.2, 0.25) is 0 Å². The molecule has 6 heteroatoms. The Balaban J connectivity index is 4.08. The maximum absolute atomic E-state index is 12.9. The van der Waals surface area contributed by atoms with E-state index in [-0.39, 0.29) is 31.1 Å². The van der Waals surface area contributed by atoms with Crippen LogP contribution >= 0.6 is 0 Å². The van der Waals surface area contributed by atoms with E-state index >= 15 is 0 Å². The van der Waals surface area contributed by atoms with Crippen molar-refractivity contribution in [2.75, 3.05) is 13.2 Å². The van der Waals surface area contributed by atoms with Gasteiger partial charge < -0.3 is 14.2 Å². The average molecular weight is 1120 g/mol. The summed E-state index contributed by atoms with van der Waals surface area (Å²) in [6.07, 6.45) is 90.5. The van der Waals surface area contributed by atoms with Gasteiger partial charge in [0.25, 0.3) is 0 Å². The molecule has 0 spiro atoms. The van der Waals surface area contributed by atoms with Crippen molar-refractivity contribution in [2.45, 2.75) is 354 Å². The predicted molar refractivity (Wildman–Crippen MR) is 348 cm³/mol. The van der Waals surface area contributed by atoms with Crippen molar-refractivity contribution in [1.29, 1.82) is 0 Å². The van der Waals surface area contributed by atoms with Gasteiger partial charge in [0.05, 0.1) is 0 Å². The number of ether oxygens (including phenoxy) is 3. The Labute approximate surface area is 496 Å². The standard InChI is InChI=1S/C74H130O6/c1-4-7-10-13-16-19-22-24-26-28-29-30-31-32-33-34-35-36-37-38-39-40-41-42-43-44-45-46-48-49-52-55-58-61-64-67-73(76)79-70-71(69-78-72(75)66-63-60-57-54-51-21-18-15-12-9-6-3)80-74(77)68-65-62-59-56-53-50-47-27-25-23-20-17-14-11-8-5-2/h7,10,15-16,18-19,24,26-27,29-30,32-33,47,71H,4-6,8-9,11-14,17,20-23,25,28,31,34-46,48-70H2,1-3H3/b10-7-,18-15-,19-16-,26-24-,30-29-,33-32-,47-27-. The summed E-state index contributed by atoms with van der Waals surface area (Å²) in [7, 11) is 0. The van der Waals surface area contributed by atoms with E-state index in [9.17, 15) is 14.4 Å². The number of hydrogen-bond acceptors (Lipinski definition) is 6. The third-order valence-corrected chi connectivity index (χ3v) is 15.1. The Morgan fingerprint density at radius 3 is 0.812 bits per heavy atom. The summed E-state index contributed by atoms with van der Waals surface area (Å²) < 4.78 is 16.9. The van der Waals surface area contributed by atoms with Crippen molar-refractivity contribution >= 4 is 17.9 Å². The van der Waals surface area contributed by atoms with Gasteiger partial charge >= 0.3 is 17.9 Å². The molecule has 0 aromatic rings. The van der Waals surface area contributed by atoms with Crippen molar-refractivity contribution < 1.29 is 28.6 Å². The highest BCUT2D eigenvalue weighted by Gasteiger charge is 2.19. The minimum absolute atomic E-state index is 0.0778. The number of esters is 3. The molecule has 0 aliphatic heterocycles. The molecule has 0 heterocycles. The van der Waals surface area contributed by atoms with Crippen molar-refractivity contribution in [3.63, 3.8) is 0 Å². The fourth-order valence-electron chi connectivity index (χ4n) is 9.92. The molecule has 80 heavy (non-hydrogen) atoms. The topological polar surface area (TPSA) is 78.9 Å². The van der Waals surface area contributed by atoms with Crippen LogP contribution in [0, 0.1) is 0 Å².